The molecule has 1 aromatic rings. The minimum Gasteiger partial charge on any atom is -0.473 e. The third kappa shape index (κ3) is 2.91. The molecule has 0 spiro atoms. The Balaban J connectivity index is 2.00. The van der Waals surface area contributed by atoms with Crippen LogP contribution in [0, 0.1) is 10.1 Å². The lowest BCUT2D eigenvalue weighted by molar-refractivity contribution is -0.385. The normalized spacial score (nSPS) is 24.3. The van der Waals surface area contributed by atoms with E-state index in [-0.39, 0.29) is 17.8 Å². The summed E-state index contributed by atoms with van der Waals surface area (Å²) in [4.78, 5) is 13.9. The molecule has 1 heterocycles. The van der Waals surface area contributed by atoms with Crippen LogP contribution in [-0.2, 0) is 0 Å². The van der Waals surface area contributed by atoms with Gasteiger partial charge in [-0.3, -0.25) is 10.1 Å². The van der Waals surface area contributed by atoms with Crippen molar-refractivity contribution in [2.24, 2.45) is 5.73 Å². The van der Waals surface area contributed by atoms with Crippen LogP contribution in [-0.4, -0.2) is 22.1 Å². The standard InChI is InChI=1S/C11H15N3O3/c12-9-3-1-2-4-10(9)17-11-6-5-8(7-13-11)14(15)16/h5-7,9-10H,1-4,12H2. The van der Waals surface area contributed by atoms with E-state index in [1.54, 1.807) is 0 Å². The van der Waals surface area contributed by atoms with Gasteiger partial charge in [0, 0.05) is 18.2 Å². The van der Waals surface area contributed by atoms with Crippen LogP contribution in [0.15, 0.2) is 18.3 Å². The zero-order valence-electron chi connectivity index (χ0n) is 9.41. The second kappa shape index (κ2) is 5.09. The Morgan fingerprint density at radius 1 is 1.41 bits per heavy atom. The van der Waals surface area contributed by atoms with E-state index in [1.807, 2.05) is 0 Å². The predicted octanol–water partition coefficient (Wildman–Crippen LogP) is 1.64. The van der Waals surface area contributed by atoms with E-state index in [1.165, 1.54) is 18.3 Å². The molecule has 6 heteroatoms. The molecule has 0 amide bonds. The average Bonchev–Trinajstić information content (AvgIpc) is 2.33. The van der Waals surface area contributed by atoms with Crippen LogP contribution in [0.4, 0.5) is 5.69 Å². The fourth-order valence-electron chi connectivity index (χ4n) is 1.98. The number of hydrogen-bond donors (Lipinski definition) is 1. The SMILES string of the molecule is NC1CCCCC1Oc1ccc([N+](=O)[O-])cn1. The first-order valence-electron chi connectivity index (χ1n) is 5.69. The van der Waals surface area contributed by atoms with Crippen LogP contribution >= 0.6 is 0 Å². The molecule has 0 saturated heterocycles. The van der Waals surface area contributed by atoms with E-state index in [9.17, 15) is 10.1 Å². The van der Waals surface area contributed by atoms with Crippen LogP contribution in [0.5, 0.6) is 5.88 Å². The third-order valence-electron chi connectivity index (χ3n) is 2.96. The summed E-state index contributed by atoms with van der Waals surface area (Å²) >= 11 is 0. The summed E-state index contributed by atoms with van der Waals surface area (Å²) in [5.74, 6) is 0.401. The quantitative estimate of drug-likeness (QED) is 0.637. The average molecular weight is 237 g/mol. The number of nitrogens with zero attached hydrogens (tertiary/aromatic N) is 2. The van der Waals surface area contributed by atoms with Gasteiger partial charge >= 0.3 is 0 Å². The molecule has 1 aromatic heterocycles. The van der Waals surface area contributed by atoms with Crippen LogP contribution in [0.25, 0.3) is 0 Å². The van der Waals surface area contributed by atoms with Crippen molar-refractivity contribution in [1.82, 2.24) is 4.98 Å². The molecule has 2 atom stereocenters. The van der Waals surface area contributed by atoms with Crippen LogP contribution in [0.1, 0.15) is 25.7 Å². The van der Waals surface area contributed by atoms with Crippen molar-refractivity contribution >= 4 is 5.69 Å². The van der Waals surface area contributed by atoms with Crippen molar-refractivity contribution in [3.05, 3.63) is 28.4 Å². The molecule has 0 bridgehead atoms. The van der Waals surface area contributed by atoms with Crippen molar-refractivity contribution in [1.29, 1.82) is 0 Å². The molecule has 1 saturated carbocycles. The number of nitro groups is 1. The Morgan fingerprint density at radius 3 is 2.76 bits per heavy atom. The molecule has 1 fully saturated rings. The fraction of sp³-hybridized carbons (Fsp3) is 0.545. The Labute approximate surface area is 98.9 Å². The molecule has 17 heavy (non-hydrogen) atoms. The highest BCUT2D eigenvalue weighted by molar-refractivity contribution is 5.29. The smallest absolute Gasteiger partial charge is 0.287 e. The maximum absolute atomic E-state index is 10.5. The summed E-state index contributed by atoms with van der Waals surface area (Å²) < 4.78 is 5.64. The van der Waals surface area contributed by atoms with Crippen LogP contribution in [0.3, 0.4) is 0 Å². The van der Waals surface area contributed by atoms with Crippen LogP contribution in [0.2, 0.25) is 0 Å². The lowest BCUT2D eigenvalue weighted by Gasteiger charge is -2.28. The topological polar surface area (TPSA) is 91.3 Å². The Hall–Kier alpha value is -1.69. The van der Waals surface area contributed by atoms with Crippen molar-refractivity contribution in [3.8, 4) is 5.88 Å². The highest BCUT2D eigenvalue weighted by atomic mass is 16.6. The lowest BCUT2D eigenvalue weighted by Crippen LogP contribution is -2.41. The molecule has 0 aliphatic heterocycles. The first-order valence-corrected chi connectivity index (χ1v) is 5.69. The first kappa shape index (κ1) is 11.8. The highest BCUT2D eigenvalue weighted by Gasteiger charge is 2.23. The summed E-state index contributed by atoms with van der Waals surface area (Å²) in [6.07, 6.45) is 5.28. The zero-order valence-corrected chi connectivity index (χ0v) is 9.41. The molecule has 1 aliphatic carbocycles. The van der Waals surface area contributed by atoms with Gasteiger partial charge in [-0.15, -0.1) is 0 Å². The molecule has 1 aliphatic rings. The lowest BCUT2D eigenvalue weighted by atomic mass is 9.93. The Kier molecular flexibility index (Phi) is 3.53. The molecule has 2 rings (SSSR count). The van der Waals surface area contributed by atoms with Gasteiger partial charge in [0.05, 0.1) is 4.92 Å². The van der Waals surface area contributed by atoms with Crippen molar-refractivity contribution in [2.45, 2.75) is 37.8 Å². The van der Waals surface area contributed by atoms with Crippen LogP contribution < -0.4 is 10.5 Å². The van der Waals surface area contributed by atoms with E-state index in [4.69, 9.17) is 10.5 Å². The summed E-state index contributed by atoms with van der Waals surface area (Å²) in [5.41, 5.74) is 5.91. The third-order valence-corrected chi connectivity index (χ3v) is 2.96. The minimum absolute atomic E-state index is 0.0285. The molecule has 0 radical (unpaired) electrons. The number of pyridine rings is 1. The van der Waals surface area contributed by atoms with E-state index < -0.39 is 4.92 Å². The number of nitrogens with two attached hydrogens (primary N) is 1. The summed E-state index contributed by atoms with van der Waals surface area (Å²) in [6, 6.07) is 2.93. The molecule has 6 nitrogen and oxygen atoms in total. The largest absolute Gasteiger partial charge is 0.473 e. The Bertz CT molecular complexity index is 393. The van der Waals surface area contributed by atoms with E-state index in [0.29, 0.717) is 5.88 Å². The predicted molar refractivity (Wildman–Crippen MR) is 61.8 cm³/mol. The summed E-state index contributed by atoms with van der Waals surface area (Å²) in [5, 5.41) is 10.5. The number of rotatable bonds is 3. The summed E-state index contributed by atoms with van der Waals surface area (Å²) in [6.45, 7) is 0. The Morgan fingerprint density at radius 2 is 2.18 bits per heavy atom. The van der Waals surface area contributed by atoms with Gasteiger partial charge in [0.25, 0.3) is 5.69 Å². The summed E-state index contributed by atoms with van der Waals surface area (Å²) in [7, 11) is 0. The van der Waals surface area contributed by atoms with E-state index in [0.717, 1.165) is 25.7 Å². The highest BCUT2D eigenvalue weighted by Crippen LogP contribution is 2.22. The number of aromatic nitrogens is 1. The zero-order chi connectivity index (χ0) is 12.3. The minimum atomic E-state index is -0.483. The van der Waals surface area contributed by atoms with Gasteiger partial charge < -0.3 is 10.5 Å². The molecular formula is C11H15N3O3. The van der Waals surface area contributed by atoms with Gasteiger partial charge in [-0.25, -0.2) is 4.98 Å². The monoisotopic (exact) mass is 237 g/mol. The van der Waals surface area contributed by atoms with E-state index in [2.05, 4.69) is 4.98 Å². The van der Waals surface area contributed by atoms with Gasteiger partial charge in [-0.1, -0.05) is 6.42 Å². The second-order valence-electron chi connectivity index (χ2n) is 4.22. The first-order chi connectivity index (χ1) is 8.16. The molecular weight excluding hydrogens is 222 g/mol. The van der Waals surface area contributed by atoms with Gasteiger partial charge in [0.2, 0.25) is 5.88 Å². The molecule has 2 unspecified atom stereocenters. The maximum Gasteiger partial charge on any atom is 0.287 e. The number of ether oxygens (including phenoxy) is 1. The fourth-order valence-corrected chi connectivity index (χ4v) is 1.98. The van der Waals surface area contributed by atoms with E-state index >= 15 is 0 Å². The molecule has 92 valence electrons. The van der Waals surface area contributed by atoms with Crippen molar-refractivity contribution in [2.75, 3.05) is 0 Å². The van der Waals surface area contributed by atoms with Gasteiger partial charge in [-0.05, 0) is 19.3 Å². The number of hydrogen-bond acceptors (Lipinski definition) is 5. The van der Waals surface area contributed by atoms with Gasteiger partial charge in [0.1, 0.15) is 12.3 Å². The second-order valence-corrected chi connectivity index (χ2v) is 4.22. The van der Waals surface area contributed by atoms with Gasteiger partial charge in [0.15, 0.2) is 0 Å². The van der Waals surface area contributed by atoms with Crippen molar-refractivity contribution < 1.29 is 9.66 Å². The molecule has 2 N–H and O–H groups in total. The van der Waals surface area contributed by atoms with Gasteiger partial charge in [-0.2, -0.15) is 0 Å². The maximum atomic E-state index is 10.5. The molecule has 0 aromatic carbocycles. The van der Waals surface area contributed by atoms with Crippen molar-refractivity contribution in [3.63, 3.8) is 0 Å².